The predicted molar refractivity (Wildman–Crippen MR) is 92.1 cm³/mol. The third kappa shape index (κ3) is 5.88. The Morgan fingerprint density at radius 2 is 1.95 bits per heavy atom. The minimum Gasteiger partial charge on any atom is -0.398 e. The first-order chi connectivity index (χ1) is 9.90. The van der Waals surface area contributed by atoms with Crippen molar-refractivity contribution in [1.82, 2.24) is 4.31 Å². The summed E-state index contributed by atoms with van der Waals surface area (Å²) in [5, 5.41) is 0. The van der Waals surface area contributed by atoms with Gasteiger partial charge in [-0.1, -0.05) is 39.3 Å². The van der Waals surface area contributed by atoms with Crippen molar-refractivity contribution in [1.29, 1.82) is 0 Å². The highest BCUT2D eigenvalue weighted by molar-refractivity contribution is 8.00. The fourth-order valence-corrected chi connectivity index (χ4v) is 4.85. The van der Waals surface area contributed by atoms with E-state index in [9.17, 15) is 8.42 Å². The number of nitrogens with zero attached hydrogens (tertiary/aromatic N) is 1. The van der Waals surface area contributed by atoms with Gasteiger partial charge in [0.1, 0.15) is 0 Å². The van der Waals surface area contributed by atoms with Crippen molar-refractivity contribution in [3.05, 3.63) is 24.3 Å². The first-order valence-corrected chi connectivity index (χ1v) is 9.95. The molecule has 0 fully saturated rings. The number of benzene rings is 1. The first-order valence-electron chi connectivity index (χ1n) is 7.35. The molecule has 0 heterocycles. The van der Waals surface area contributed by atoms with E-state index in [1.54, 1.807) is 4.31 Å². The van der Waals surface area contributed by atoms with Crippen LogP contribution in [0.4, 0.5) is 5.69 Å². The van der Waals surface area contributed by atoms with E-state index in [0.717, 1.165) is 11.3 Å². The lowest BCUT2D eigenvalue weighted by Crippen LogP contribution is -2.36. The summed E-state index contributed by atoms with van der Waals surface area (Å²) in [6, 6.07) is 7.54. The Kier molecular flexibility index (Phi) is 7.56. The van der Waals surface area contributed by atoms with Gasteiger partial charge in [-0.2, -0.15) is 0 Å². The molecule has 0 radical (unpaired) electrons. The highest BCUT2D eigenvalue weighted by atomic mass is 32.2. The molecule has 120 valence electrons. The molecule has 1 aromatic rings. The van der Waals surface area contributed by atoms with Crippen LogP contribution >= 0.6 is 11.8 Å². The van der Waals surface area contributed by atoms with Crippen LogP contribution in [0.15, 0.2) is 29.2 Å². The summed E-state index contributed by atoms with van der Waals surface area (Å²) in [7, 11) is -3.19. The largest absolute Gasteiger partial charge is 0.398 e. The molecule has 0 saturated heterocycles. The average molecular weight is 331 g/mol. The van der Waals surface area contributed by atoms with Crippen molar-refractivity contribution in [2.75, 3.05) is 30.3 Å². The molecule has 0 bridgehead atoms. The SMILES string of the molecule is CCC(C)CN(CC)S(=O)(=O)CCSc1ccccc1N. The van der Waals surface area contributed by atoms with Crippen molar-refractivity contribution in [2.24, 2.45) is 5.92 Å². The Bertz CT molecular complexity index is 532. The standard InChI is InChI=1S/C15H26N2O2S2/c1-4-13(3)12-17(5-2)21(18,19)11-10-20-15-9-7-6-8-14(15)16/h6-9,13H,4-5,10-12,16H2,1-3H3. The Labute approximate surface area is 133 Å². The monoisotopic (exact) mass is 330 g/mol. The number of para-hydroxylation sites is 1. The molecule has 0 amide bonds. The Balaban J connectivity index is 2.57. The van der Waals surface area contributed by atoms with Crippen LogP contribution in [0, 0.1) is 5.92 Å². The number of anilines is 1. The van der Waals surface area contributed by atoms with Gasteiger partial charge in [0.25, 0.3) is 0 Å². The lowest BCUT2D eigenvalue weighted by Gasteiger charge is -2.23. The maximum absolute atomic E-state index is 12.4. The number of nitrogen functional groups attached to an aromatic ring is 1. The molecule has 2 N–H and O–H groups in total. The predicted octanol–water partition coefficient (Wildman–Crippen LogP) is 3.06. The van der Waals surface area contributed by atoms with Gasteiger partial charge in [0, 0.05) is 29.4 Å². The number of rotatable bonds is 9. The highest BCUT2D eigenvalue weighted by Crippen LogP contribution is 2.24. The summed E-state index contributed by atoms with van der Waals surface area (Å²) in [6.45, 7) is 7.19. The fourth-order valence-electron chi connectivity index (χ4n) is 1.91. The second-order valence-electron chi connectivity index (χ2n) is 5.17. The zero-order valence-corrected chi connectivity index (χ0v) is 14.7. The van der Waals surface area contributed by atoms with Gasteiger partial charge in [-0.25, -0.2) is 12.7 Å². The average Bonchev–Trinajstić information content (AvgIpc) is 2.46. The van der Waals surface area contributed by atoms with Crippen molar-refractivity contribution in [3.8, 4) is 0 Å². The van der Waals surface area contributed by atoms with Crippen LogP contribution in [0.1, 0.15) is 27.2 Å². The molecule has 0 aliphatic heterocycles. The van der Waals surface area contributed by atoms with Crippen LogP contribution in [0.25, 0.3) is 0 Å². The minimum atomic E-state index is -3.19. The van der Waals surface area contributed by atoms with Crippen LogP contribution < -0.4 is 5.73 Å². The van der Waals surface area contributed by atoms with Gasteiger partial charge < -0.3 is 5.73 Å². The molecule has 1 aromatic carbocycles. The Morgan fingerprint density at radius 3 is 2.52 bits per heavy atom. The summed E-state index contributed by atoms with van der Waals surface area (Å²) < 4.78 is 26.3. The van der Waals surface area contributed by atoms with E-state index in [4.69, 9.17) is 5.73 Å². The zero-order valence-electron chi connectivity index (χ0n) is 13.1. The zero-order chi connectivity index (χ0) is 15.9. The molecular formula is C15H26N2O2S2. The summed E-state index contributed by atoms with van der Waals surface area (Å²) in [5.74, 6) is 1.06. The fraction of sp³-hybridized carbons (Fsp3) is 0.600. The number of nitrogens with two attached hydrogens (primary N) is 1. The van der Waals surface area contributed by atoms with Gasteiger partial charge in [-0.05, 0) is 18.1 Å². The third-order valence-corrected chi connectivity index (χ3v) is 6.74. The molecule has 21 heavy (non-hydrogen) atoms. The van der Waals surface area contributed by atoms with Crippen LogP contribution in [0.5, 0.6) is 0 Å². The normalized spacial score (nSPS) is 13.5. The number of sulfonamides is 1. The summed E-state index contributed by atoms with van der Waals surface area (Å²) >= 11 is 1.50. The molecule has 1 atom stereocenters. The molecule has 4 nitrogen and oxygen atoms in total. The van der Waals surface area contributed by atoms with E-state index < -0.39 is 10.0 Å². The van der Waals surface area contributed by atoms with Gasteiger partial charge in [0.2, 0.25) is 10.0 Å². The molecule has 0 aliphatic carbocycles. The lowest BCUT2D eigenvalue weighted by atomic mass is 10.1. The third-order valence-electron chi connectivity index (χ3n) is 3.48. The number of hydrogen-bond donors (Lipinski definition) is 1. The van der Waals surface area contributed by atoms with Crippen LogP contribution in [0.2, 0.25) is 0 Å². The molecule has 0 saturated carbocycles. The molecular weight excluding hydrogens is 304 g/mol. The number of thioether (sulfide) groups is 1. The summed E-state index contributed by atoms with van der Waals surface area (Å²) in [4.78, 5) is 0.942. The second kappa shape index (κ2) is 8.66. The van der Waals surface area contributed by atoms with Crippen molar-refractivity contribution in [3.63, 3.8) is 0 Å². The highest BCUT2D eigenvalue weighted by Gasteiger charge is 2.21. The molecule has 1 rings (SSSR count). The van der Waals surface area contributed by atoms with Gasteiger partial charge in [-0.15, -0.1) is 11.8 Å². The van der Waals surface area contributed by atoms with Crippen molar-refractivity contribution in [2.45, 2.75) is 32.1 Å². The van der Waals surface area contributed by atoms with E-state index in [1.165, 1.54) is 11.8 Å². The number of hydrogen-bond acceptors (Lipinski definition) is 4. The van der Waals surface area contributed by atoms with Gasteiger partial charge in [0.15, 0.2) is 0 Å². The van der Waals surface area contributed by atoms with Crippen molar-refractivity contribution < 1.29 is 8.42 Å². The molecule has 6 heteroatoms. The van der Waals surface area contributed by atoms with E-state index in [0.29, 0.717) is 30.4 Å². The molecule has 1 unspecified atom stereocenters. The van der Waals surface area contributed by atoms with Gasteiger partial charge in [-0.3, -0.25) is 0 Å². The van der Waals surface area contributed by atoms with Gasteiger partial charge in [0.05, 0.1) is 5.75 Å². The van der Waals surface area contributed by atoms with Crippen LogP contribution in [-0.4, -0.2) is 37.3 Å². The molecule has 0 aromatic heterocycles. The first kappa shape index (κ1) is 18.3. The van der Waals surface area contributed by atoms with Gasteiger partial charge >= 0.3 is 0 Å². The van der Waals surface area contributed by atoms with Crippen molar-refractivity contribution >= 4 is 27.5 Å². The topological polar surface area (TPSA) is 63.4 Å². The smallest absolute Gasteiger partial charge is 0.214 e. The molecule has 0 aliphatic rings. The van der Waals surface area contributed by atoms with E-state index in [1.807, 2.05) is 31.2 Å². The van der Waals surface area contributed by atoms with E-state index in [-0.39, 0.29) is 5.75 Å². The Hall–Kier alpha value is -0.720. The van der Waals surface area contributed by atoms with E-state index in [2.05, 4.69) is 13.8 Å². The maximum atomic E-state index is 12.4. The van der Waals surface area contributed by atoms with Crippen LogP contribution in [0.3, 0.4) is 0 Å². The Morgan fingerprint density at radius 1 is 1.29 bits per heavy atom. The quantitative estimate of drug-likeness (QED) is 0.558. The van der Waals surface area contributed by atoms with Crippen LogP contribution in [-0.2, 0) is 10.0 Å². The minimum absolute atomic E-state index is 0.149. The summed E-state index contributed by atoms with van der Waals surface area (Å²) in [5.41, 5.74) is 6.56. The summed E-state index contributed by atoms with van der Waals surface area (Å²) in [6.07, 6.45) is 0.987. The lowest BCUT2D eigenvalue weighted by molar-refractivity contribution is 0.362. The van der Waals surface area contributed by atoms with E-state index >= 15 is 0 Å². The maximum Gasteiger partial charge on any atom is 0.214 e. The second-order valence-corrected chi connectivity index (χ2v) is 8.39. The molecule has 0 spiro atoms.